The molecule has 2 aliphatic rings. The molecule has 2 aromatic carbocycles. The maximum atomic E-state index is 12.8. The number of carbonyl (C=O) groups excluding carboxylic acids is 1. The molecule has 6 nitrogen and oxygen atoms in total. The Morgan fingerprint density at radius 1 is 1.13 bits per heavy atom. The van der Waals surface area contributed by atoms with Crippen LogP contribution in [0.3, 0.4) is 0 Å². The van der Waals surface area contributed by atoms with Crippen LogP contribution < -0.4 is 18.9 Å². The van der Waals surface area contributed by atoms with Crippen molar-refractivity contribution in [1.29, 1.82) is 0 Å². The molecular weight excluding hydrogens is 414 g/mol. The minimum atomic E-state index is -0.0942. The molecule has 1 aromatic heterocycles. The molecule has 0 saturated carbocycles. The first kappa shape index (κ1) is 19.7. The molecule has 31 heavy (non-hydrogen) atoms. The SMILES string of the molecule is COc1ccc(CN2COc3ccc4c(c3C2)OC(=Cc2cccs2)C4=O)cc1OC. The van der Waals surface area contributed by atoms with E-state index in [1.807, 2.05) is 41.8 Å². The number of fused-ring (bicyclic) bond motifs is 3. The van der Waals surface area contributed by atoms with Crippen LogP contribution in [0, 0.1) is 0 Å². The number of Topliss-reactive ketones (excluding diaryl/α,β-unsaturated/α-hetero) is 1. The van der Waals surface area contributed by atoms with Gasteiger partial charge in [0.1, 0.15) is 18.2 Å². The zero-order chi connectivity index (χ0) is 21.4. The zero-order valence-corrected chi connectivity index (χ0v) is 18.0. The highest BCUT2D eigenvalue weighted by molar-refractivity contribution is 7.10. The first-order chi connectivity index (χ1) is 15.2. The molecule has 0 aliphatic carbocycles. The Kier molecular flexibility index (Phi) is 5.13. The summed E-state index contributed by atoms with van der Waals surface area (Å²) < 4.78 is 22.7. The van der Waals surface area contributed by atoms with Gasteiger partial charge in [0.15, 0.2) is 17.3 Å². The Morgan fingerprint density at radius 2 is 2.00 bits per heavy atom. The molecular formula is C24H21NO5S. The van der Waals surface area contributed by atoms with Crippen molar-refractivity contribution >= 4 is 23.2 Å². The van der Waals surface area contributed by atoms with Gasteiger partial charge >= 0.3 is 0 Å². The summed E-state index contributed by atoms with van der Waals surface area (Å²) in [6.45, 7) is 1.73. The van der Waals surface area contributed by atoms with E-state index in [0.717, 1.165) is 21.8 Å². The number of ether oxygens (including phenoxy) is 4. The van der Waals surface area contributed by atoms with E-state index >= 15 is 0 Å². The van der Waals surface area contributed by atoms with Crippen molar-refractivity contribution in [2.45, 2.75) is 13.1 Å². The van der Waals surface area contributed by atoms with E-state index in [9.17, 15) is 4.79 Å². The fourth-order valence-corrected chi connectivity index (χ4v) is 4.49. The van der Waals surface area contributed by atoms with E-state index < -0.39 is 0 Å². The molecule has 7 heteroatoms. The van der Waals surface area contributed by atoms with Crippen molar-refractivity contribution in [3.05, 3.63) is 75.2 Å². The fraction of sp³-hybridized carbons (Fsp3) is 0.208. The molecule has 5 rings (SSSR count). The molecule has 0 spiro atoms. The van der Waals surface area contributed by atoms with Gasteiger partial charge in [-0.2, -0.15) is 0 Å². The van der Waals surface area contributed by atoms with E-state index in [-0.39, 0.29) is 5.78 Å². The van der Waals surface area contributed by atoms with E-state index in [2.05, 4.69) is 4.90 Å². The van der Waals surface area contributed by atoms with Crippen LogP contribution in [0.15, 0.2) is 53.6 Å². The summed E-state index contributed by atoms with van der Waals surface area (Å²) in [5.41, 5.74) is 2.55. The average molecular weight is 436 g/mol. The molecule has 0 fully saturated rings. The second-order valence-corrected chi connectivity index (χ2v) is 8.30. The van der Waals surface area contributed by atoms with Gasteiger partial charge in [0, 0.05) is 24.0 Å². The third-order valence-electron chi connectivity index (χ3n) is 5.35. The second kappa shape index (κ2) is 8.09. The molecule has 158 valence electrons. The average Bonchev–Trinajstić information content (AvgIpc) is 3.42. The number of benzene rings is 2. The number of hydrogen-bond acceptors (Lipinski definition) is 7. The van der Waals surface area contributed by atoms with Crippen LogP contribution in [-0.4, -0.2) is 31.6 Å². The highest BCUT2D eigenvalue weighted by atomic mass is 32.1. The Hall–Kier alpha value is -3.29. The molecule has 0 radical (unpaired) electrons. The Bertz CT molecular complexity index is 1170. The van der Waals surface area contributed by atoms with Gasteiger partial charge in [-0.25, -0.2) is 0 Å². The van der Waals surface area contributed by atoms with Gasteiger partial charge < -0.3 is 18.9 Å². The summed E-state index contributed by atoms with van der Waals surface area (Å²) in [5.74, 6) is 3.00. The molecule has 3 heterocycles. The van der Waals surface area contributed by atoms with Crippen LogP contribution in [0.2, 0.25) is 0 Å². The molecule has 0 amide bonds. The van der Waals surface area contributed by atoms with Gasteiger partial charge in [0.25, 0.3) is 0 Å². The highest BCUT2D eigenvalue weighted by Crippen LogP contribution is 2.42. The predicted octanol–water partition coefficient (Wildman–Crippen LogP) is 4.73. The Balaban J connectivity index is 1.40. The molecule has 0 saturated heterocycles. The number of rotatable bonds is 5. The fourth-order valence-electron chi connectivity index (χ4n) is 3.85. The van der Waals surface area contributed by atoms with Crippen molar-refractivity contribution in [1.82, 2.24) is 4.90 Å². The van der Waals surface area contributed by atoms with E-state index in [1.54, 1.807) is 37.7 Å². The smallest absolute Gasteiger partial charge is 0.232 e. The van der Waals surface area contributed by atoms with Crippen LogP contribution in [0.4, 0.5) is 0 Å². The Labute approximate surface area is 184 Å². The number of methoxy groups -OCH3 is 2. The zero-order valence-electron chi connectivity index (χ0n) is 17.2. The lowest BCUT2D eigenvalue weighted by molar-refractivity contribution is 0.0872. The van der Waals surface area contributed by atoms with E-state index in [4.69, 9.17) is 18.9 Å². The van der Waals surface area contributed by atoms with Crippen molar-refractivity contribution in [2.24, 2.45) is 0 Å². The molecule has 0 unspecified atom stereocenters. The minimum absolute atomic E-state index is 0.0942. The summed E-state index contributed by atoms with van der Waals surface area (Å²) in [6.07, 6.45) is 1.80. The molecule has 0 N–H and O–H groups in total. The maximum Gasteiger partial charge on any atom is 0.232 e. The number of allylic oxidation sites excluding steroid dienone is 1. The second-order valence-electron chi connectivity index (χ2n) is 7.32. The summed E-state index contributed by atoms with van der Waals surface area (Å²) in [6, 6.07) is 13.4. The largest absolute Gasteiger partial charge is 0.493 e. The van der Waals surface area contributed by atoms with Gasteiger partial charge in [-0.15, -0.1) is 11.3 Å². The van der Waals surface area contributed by atoms with Crippen LogP contribution in [-0.2, 0) is 13.1 Å². The molecule has 0 bridgehead atoms. The number of thiophene rings is 1. The van der Waals surface area contributed by atoms with Gasteiger partial charge in [-0.05, 0) is 41.3 Å². The highest BCUT2D eigenvalue weighted by Gasteiger charge is 2.33. The number of carbonyl (C=O) groups is 1. The lowest BCUT2D eigenvalue weighted by atomic mass is 10.0. The topological polar surface area (TPSA) is 57.2 Å². The van der Waals surface area contributed by atoms with Crippen LogP contribution in [0.1, 0.15) is 26.4 Å². The molecule has 2 aliphatic heterocycles. The third kappa shape index (κ3) is 3.66. The summed E-state index contributed by atoms with van der Waals surface area (Å²) in [4.78, 5) is 16.0. The van der Waals surface area contributed by atoms with Crippen molar-refractivity contribution in [3.63, 3.8) is 0 Å². The van der Waals surface area contributed by atoms with Gasteiger partial charge in [-0.3, -0.25) is 9.69 Å². The predicted molar refractivity (Wildman–Crippen MR) is 118 cm³/mol. The first-order valence-electron chi connectivity index (χ1n) is 9.86. The van der Waals surface area contributed by atoms with E-state index in [0.29, 0.717) is 48.4 Å². The van der Waals surface area contributed by atoms with Crippen molar-refractivity contribution in [2.75, 3.05) is 21.0 Å². The summed E-state index contributed by atoms with van der Waals surface area (Å²) in [7, 11) is 3.25. The molecule has 3 aromatic rings. The quantitative estimate of drug-likeness (QED) is 0.540. The number of ketones is 1. The first-order valence-corrected chi connectivity index (χ1v) is 10.7. The minimum Gasteiger partial charge on any atom is -0.493 e. The van der Waals surface area contributed by atoms with Crippen molar-refractivity contribution in [3.8, 4) is 23.0 Å². The van der Waals surface area contributed by atoms with Crippen molar-refractivity contribution < 1.29 is 23.7 Å². The van der Waals surface area contributed by atoms with Gasteiger partial charge in [0.05, 0.1) is 25.3 Å². The lowest BCUT2D eigenvalue weighted by Crippen LogP contribution is -2.31. The standard InChI is InChI=1S/C24H21NO5S/c1-27-20-7-5-15(10-21(20)28-2)12-25-13-18-19(29-14-25)8-6-17-23(26)22(30-24(17)18)11-16-4-3-9-31-16/h3-11H,12-14H2,1-2H3. The van der Waals surface area contributed by atoms with Crippen LogP contribution >= 0.6 is 11.3 Å². The normalized spacial score (nSPS) is 16.5. The third-order valence-corrected chi connectivity index (χ3v) is 6.17. The van der Waals surface area contributed by atoms with Gasteiger partial charge in [0.2, 0.25) is 5.78 Å². The maximum absolute atomic E-state index is 12.8. The van der Waals surface area contributed by atoms with Crippen LogP contribution in [0.25, 0.3) is 6.08 Å². The summed E-state index contributed by atoms with van der Waals surface area (Å²) in [5, 5.41) is 1.97. The lowest BCUT2D eigenvalue weighted by Gasteiger charge is -2.29. The van der Waals surface area contributed by atoms with Gasteiger partial charge in [-0.1, -0.05) is 12.1 Å². The monoisotopic (exact) mass is 435 g/mol. The summed E-state index contributed by atoms with van der Waals surface area (Å²) >= 11 is 1.57. The Morgan fingerprint density at radius 3 is 2.77 bits per heavy atom. The number of nitrogens with zero attached hydrogens (tertiary/aromatic N) is 1. The number of hydrogen-bond donors (Lipinski definition) is 0. The molecule has 0 atom stereocenters. The van der Waals surface area contributed by atoms with E-state index in [1.165, 1.54) is 0 Å². The van der Waals surface area contributed by atoms with Crippen LogP contribution in [0.5, 0.6) is 23.0 Å².